The van der Waals surface area contributed by atoms with Crippen molar-refractivity contribution in [1.29, 1.82) is 0 Å². The van der Waals surface area contributed by atoms with Crippen LogP contribution in [0.15, 0.2) is 113 Å². The molecule has 0 saturated heterocycles. The molecule has 6 heteroatoms. The fraction of sp³-hybridized carbons (Fsp3) is 0. The number of thiophene rings is 1. The molecule has 0 unspecified atom stereocenters. The molecule has 1 amide bonds. The number of para-hydroxylation sites is 1. The average Bonchev–Trinajstić information content (AvgIpc) is 3.51. The fourth-order valence-corrected chi connectivity index (χ4v) is 4.05. The molecule has 2 heterocycles. The van der Waals surface area contributed by atoms with Crippen molar-refractivity contribution in [3.63, 3.8) is 0 Å². The molecule has 0 aliphatic carbocycles. The van der Waals surface area contributed by atoms with Crippen molar-refractivity contribution in [2.24, 2.45) is 5.10 Å². The summed E-state index contributed by atoms with van der Waals surface area (Å²) >= 11 is 1.33. The van der Waals surface area contributed by atoms with E-state index in [1.807, 2.05) is 84.3 Å². The molecule has 33 heavy (non-hydrogen) atoms. The van der Waals surface area contributed by atoms with Gasteiger partial charge in [-0.25, -0.2) is 4.79 Å². The molecule has 0 spiro atoms. The normalized spacial score (nSPS) is 14.4. The number of hydrogen-bond donors (Lipinski definition) is 0. The zero-order chi connectivity index (χ0) is 22.6. The molecule has 0 radical (unpaired) electrons. The summed E-state index contributed by atoms with van der Waals surface area (Å²) in [5, 5.41) is 7.89. The van der Waals surface area contributed by atoms with Crippen LogP contribution in [0.1, 0.15) is 20.8 Å². The van der Waals surface area contributed by atoms with E-state index in [1.165, 1.54) is 16.3 Å². The first-order valence-corrected chi connectivity index (χ1v) is 11.2. The van der Waals surface area contributed by atoms with E-state index >= 15 is 0 Å². The highest BCUT2D eigenvalue weighted by Gasteiger charge is 2.31. The molecular weight excluding hydrogens is 432 g/mol. The van der Waals surface area contributed by atoms with Crippen molar-refractivity contribution in [1.82, 2.24) is 0 Å². The number of hydrazone groups is 1. The Hall–Kier alpha value is -4.29. The van der Waals surface area contributed by atoms with E-state index in [0.717, 1.165) is 11.1 Å². The minimum Gasteiger partial charge on any atom is -0.422 e. The van der Waals surface area contributed by atoms with Crippen molar-refractivity contribution in [3.8, 4) is 5.75 Å². The van der Waals surface area contributed by atoms with E-state index in [9.17, 15) is 9.59 Å². The van der Waals surface area contributed by atoms with Crippen LogP contribution in [-0.4, -0.2) is 17.6 Å². The molecule has 0 saturated carbocycles. The third kappa shape index (κ3) is 4.37. The topological polar surface area (TPSA) is 59.0 Å². The molecule has 0 bridgehead atoms. The Morgan fingerprint density at radius 3 is 2.21 bits per heavy atom. The number of benzene rings is 3. The first-order valence-electron chi connectivity index (χ1n) is 10.3. The quantitative estimate of drug-likeness (QED) is 0.219. The maximum absolute atomic E-state index is 13.3. The maximum Gasteiger partial charge on any atom is 0.353 e. The minimum absolute atomic E-state index is 0.201. The summed E-state index contributed by atoms with van der Waals surface area (Å²) in [7, 11) is 0. The van der Waals surface area contributed by atoms with Gasteiger partial charge in [0, 0.05) is 5.56 Å². The molecule has 4 aromatic rings. The highest BCUT2D eigenvalue weighted by molar-refractivity contribution is 7.12. The number of carbonyl (C=O) groups excluding carboxylic acids is 2. The number of ether oxygens (including phenoxy) is 1. The Bertz CT molecular complexity index is 1340. The largest absolute Gasteiger partial charge is 0.422 e. The van der Waals surface area contributed by atoms with Gasteiger partial charge in [-0.2, -0.15) is 10.1 Å². The predicted molar refractivity (Wildman–Crippen MR) is 131 cm³/mol. The summed E-state index contributed by atoms with van der Waals surface area (Å²) in [5.41, 5.74) is 3.46. The number of anilines is 1. The number of rotatable bonds is 5. The Morgan fingerprint density at radius 2 is 1.55 bits per heavy atom. The van der Waals surface area contributed by atoms with E-state index in [-0.39, 0.29) is 11.9 Å². The average molecular weight is 451 g/mol. The summed E-state index contributed by atoms with van der Waals surface area (Å²) in [6, 6.07) is 29.6. The molecule has 0 N–H and O–H groups in total. The number of nitrogens with zero attached hydrogens (tertiary/aromatic N) is 2. The first-order chi connectivity index (χ1) is 16.2. The molecular formula is C27H18N2O3S. The van der Waals surface area contributed by atoms with E-state index < -0.39 is 0 Å². The smallest absolute Gasteiger partial charge is 0.353 e. The standard InChI is InChI=1S/C27H18N2O3S/c30-26-23(18-19-13-15-22(16-14-19)32-27(31)24-12-7-17-33-24)25(20-8-3-1-4-9-20)28-29(26)21-10-5-2-6-11-21/h1-18H/b23-18-. The van der Waals surface area contributed by atoms with Crippen LogP contribution in [0.25, 0.3) is 6.08 Å². The molecule has 5 nitrogen and oxygen atoms in total. The van der Waals surface area contributed by atoms with Crippen molar-refractivity contribution < 1.29 is 14.3 Å². The van der Waals surface area contributed by atoms with E-state index in [2.05, 4.69) is 5.10 Å². The van der Waals surface area contributed by atoms with Crippen LogP contribution in [0.3, 0.4) is 0 Å². The lowest BCUT2D eigenvalue weighted by atomic mass is 10.0. The van der Waals surface area contributed by atoms with Gasteiger partial charge in [0.05, 0.1) is 11.3 Å². The van der Waals surface area contributed by atoms with Gasteiger partial charge in [0.2, 0.25) is 0 Å². The molecule has 0 fully saturated rings. The van der Waals surface area contributed by atoms with Gasteiger partial charge in [-0.1, -0.05) is 66.7 Å². The molecule has 1 aromatic heterocycles. The summed E-state index contributed by atoms with van der Waals surface area (Å²) in [4.78, 5) is 26.0. The lowest BCUT2D eigenvalue weighted by Gasteiger charge is -2.10. The van der Waals surface area contributed by atoms with Gasteiger partial charge in [0.1, 0.15) is 16.3 Å². The number of amides is 1. The molecule has 0 atom stereocenters. The second-order valence-electron chi connectivity index (χ2n) is 7.26. The second-order valence-corrected chi connectivity index (χ2v) is 8.21. The lowest BCUT2D eigenvalue weighted by Crippen LogP contribution is -2.21. The van der Waals surface area contributed by atoms with Crippen LogP contribution >= 0.6 is 11.3 Å². The second kappa shape index (κ2) is 9.06. The van der Waals surface area contributed by atoms with E-state index in [0.29, 0.717) is 27.6 Å². The Morgan fingerprint density at radius 1 is 0.848 bits per heavy atom. The first kappa shape index (κ1) is 20.6. The van der Waals surface area contributed by atoms with E-state index in [1.54, 1.807) is 24.3 Å². The molecule has 5 rings (SSSR count). The van der Waals surface area contributed by atoms with Crippen LogP contribution in [0.5, 0.6) is 5.75 Å². The maximum atomic E-state index is 13.3. The van der Waals surface area contributed by atoms with Crippen molar-refractivity contribution in [2.45, 2.75) is 0 Å². The predicted octanol–water partition coefficient (Wildman–Crippen LogP) is 5.80. The summed E-state index contributed by atoms with van der Waals surface area (Å²) < 4.78 is 5.42. The number of hydrogen-bond acceptors (Lipinski definition) is 5. The van der Waals surface area contributed by atoms with Crippen molar-refractivity contribution in [3.05, 3.63) is 124 Å². The highest BCUT2D eigenvalue weighted by atomic mass is 32.1. The molecule has 160 valence electrons. The zero-order valence-electron chi connectivity index (χ0n) is 17.4. The third-order valence-electron chi connectivity index (χ3n) is 5.05. The van der Waals surface area contributed by atoms with Gasteiger partial charge in [0.15, 0.2) is 0 Å². The van der Waals surface area contributed by atoms with Gasteiger partial charge in [-0.3, -0.25) is 4.79 Å². The van der Waals surface area contributed by atoms with Crippen LogP contribution in [0, 0.1) is 0 Å². The molecule has 1 aliphatic rings. The minimum atomic E-state index is -0.390. The molecule has 1 aliphatic heterocycles. The van der Waals surface area contributed by atoms with Crippen LogP contribution in [0.4, 0.5) is 5.69 Å². The highest BCUT2D eigenvalue weighted by Crippen LogP contribution is 2.28. The summed E-state index contributed by atoms with van der Waals surface area (Å²) in [5.74, 6) is -0.150. The van der Waals surface area contributed by atoms with Gasteiger partial charge < -0.3 is 4.74 Å². The van der Waals surface area contributed by atoms with Crippen LogP contribution in [0.2, 0.25) is 0 Å². The van der Waals surface area contributed by atoms with Crippen LogP contribution < -0.4 is 9.75 Å². The van der Waals surface area contributed by atoms with Gasteiger partial charge in [-0.15, -0.1) is 11.3 Å². The summed E-state index contributed by atoms with van der Waals surface area (Å²) in [6.07, 6.45) is 1.81. The number of esters is 1. The van der Waals surface area contributed by atoms with E-state index in [4.69, 9.17) is 4.74 Å². The monoisotopic (exact) mass is 450 g/mol. The SMILES string of the molecule is O=C(Oc1ccc(/C=C2\C(=O)N(c3ccccc3)N=C2c2ccccc2)cc1)c1cccs1. The fourth-order valence-electron chi connectivity index (χ4n) is 3.45. The van der Waals surface area contributed by atoms with Crippen molar-refractivity contribution >= 4 is 40.7 Å². The van der Waals surface area contributed by atoms with Crippen LogP contribution in [-0.2, 0) is 4.79 Å². The Labute approximate surface area is 194 Å². The van der Waals surface area contributed by atoms with Gasteiger partial charge >= 0.3 is 5.97 Å². The summed E-state index contributed by atoms with van der Waals surface area (Å²) in [6.45, 7) is 0. The number of carbonyl (C=O) groups is 2. The third-order valence-corrected chi connectivity index (χ3v) is 5.90. The molecule has 3 aromatic carbocycles. The zero-order valence-corrected chi connectivity index (χ0v) is 18.2. The Kier molecular flexibility index (Phi) is 5.66. The van der Waals surface area contributed by atoms with Gasteiger partial charge in [-0.05, 0) is 47.4 Å². The Balaban J connectivity index is 1.45. The van der Waals surface area contributed by atoms with Gasteiger partial charge in [0.25, 0.3) is 5.91 Å². The van der Waals surface area contributed by atoms with Crippen molar-refractivity contribution in [2.75, 3.05) is 5.01 Å². The lowest BCUT2D eigenvalue weighted by molar-refractivity contribution is -0.114.